The molecule has 0 radical (unpaired) electrons. The summed E-state index contributed by atoms with van der Waals surface area (Å²) < 4.78 is 5.17. The smallest absolute Gasteiger partial charge is 0.243 e. The lowest BCUT2D eigenvalue weighted by Gasteiger charge is -2.14. The molecule has 146 valence electrons. The lowest BCUT2D eigenvalue weighted by molar-refractivity contribution is -0.127. The lowest BCUT2D eigenvalue weighted by atomic mass is 10.1. The van der Waals surface area contributed by atoms with E-state index < -0.39 is 0 Å². The van der Waals surface area contributed by atoms with E-state index in [0.29, 0.717) is 24.1 Å². The standard InChI is InChI=1S/C19H25ClN4O2S/c1-24(2)18(25)13-23-19(22-12-16-5-4-10-27-16)21-9-8-14-6-7-15(26-3)11-17(14)20/h4-7,10-11H,8-9,12-13H2,1-3H3,(H2,21,22,23). The van der Waals surface area contributed by atoms with Gasteiger partial charge in [-0.2, -0.15) is 0 Å². The number of benzene rings is 1. The number of halogens is 1. The van der Waals surface area contributed by atoms with Crippen LogP contribution in [0.25, 0.3) is 0 Å². The zero-order valence-electron chi connectivity index (χ0n) is 15.8. The number of ether oxygens (including phenoxy) is 1. The molecule has 0 spiro atoms. The first-order valence-electron chi connectivity index (χ1n) is 8.56. The van der Waals surface area contributed by atoms with E-state index in [4.69, 9.17) is 16.3 Å². The van der Waals surface area contributed by atoms with Crippen LogP contribution in [0.5, 0.6) is 5.75 Å². The Bertz CT molecular complexity index is 763. The average Bonchev–Trinajstić information content (AvgIpc) is 3.17. The number of aliphatic imine (C=N–C) groups is 1. The molecule has 1 aromatic carbocycles. The van der Waals surface area contributed by atoms with E-state index in [-0.39, 0.29) is 12.5 Å². The third kappa shape index (κ3) is 7.11. The molecule has 1 heterocycles. The number of carbonyl (C=O) groups excluding carboxylic acids is 1. The highest BCUT2D eigenvalue weighted by molar-refractivity contribution is 7.09. The van der Waals surface area contributed by atoms with E-state index in [9.17, 15) is 4.79 Å². The summed E-state index contributed by atoms with van der Waals surface area (Å²) >= 11 is 7.96. The molecule has 8 heteroatoms. The largest absolute Gasteiger partial charge is 0.497 e. The summed E-state index contributed by atoms with van der Waals surface area (Å²) in [6.07, 6.45) is 0.726. The third-order valence-electron chi connectivity index (χ3n) is 3.83. The Balaban J connectivity index is 1.93. The summed E-state index contributed by atoms with van der Waals surface area (Å²) in [6, 6.07) is 9.70. The number of guanidine groups is 1. The first-order chi connectivity index (χ1) is 13.0. The molecule has 0 unspecified atom stereocenters. The molecule has 2 rings (SSSR count). The fourth-order valence-corrected chi connectivity index (χ4v) is 3.13. The number of likely N-dealkylation sites (N-methyl/N-ethyl adjacent to an activating group) is 1. The first kappa shape index (κ1) is 21.1. The van der Waals surface area contributed by atoms with E-state index in [2.05, 4.69) is 21.7 Å². The van der Waals surface area contributed by atoms with E-state index in [1.165, 1.54) is 9.78 Å². The maximum absolute atomic E-state index is 11.8. The van der Waals surface area contributed by atoms with Crippen LogP contribution in [-0.2, 0) is 17.8 Å². The molecule has 0 atom stereocenters. The zero-order valence-corrected chi connectivity index (χ0v) is 17.4. The van der Waals surface area contributed by atoms with Crippen LogP contribution < -0.4 is 15.4 Å². The second-order valence-corrected chi connectivity index (χ2v) is 7.46. The van der Waals surface area contributed by atoms with E-state index in [1.807, 2.05) is 23.6 Å². The molecule has 27 heavy (non-hydrogen) atoms. The van der Waals surface area contributed by atoms with Crippen LogP contribution >= 0.6 is 22.9 Å². The molecule has 2 N–H and O–H groups in total. The van der Waals surface area contributed by atoms with Gasteiger partial charge in [-0.25, -0.2) is 4.99 Å². The number of hydrogen-bond donors (Lipinski definition) is 2. The third-order valence-corrected chi connectivity index (χ3v) is 5.06. The summed E-state index contributed by atoms with van der Waals surface area (Å²) in [5, 5.41) is 9.23. The van der Waals surface area contributed by atoms with Crippen molar-refractivity contribution in [3.8, 4) is 5.75 Å². The van der Waals surface area contributed by atoms with Gasteiger partial charge in [-0.15, -0.1) is 11.3 Å². The van der Waals surface area contributed by atoms with Gasteiger partial charge in [-0.05, 0) is 35.6 Å². The number of rotatable bonds is 8. The van der Waals surface area contributed by atoms with Crippen LogP contribution in [0.3, 0.4) is 0 Å². The van der Waals surface area contributed by atoms with Crippen molar-refractivity contribution >= 4 is 34.8 Å². The van der Waals surface area contributed by atoms with Crippen LogP contribution in [0.4, 0.5) is 0 Å². The van der Waals surface area contributed by atoms with Gasteiger partial charge < -0.3 is 20.3 Å². The average molecular weight is 409 g/mol. The van der Waals surface area contributed by atoms with Crippen molar-refractivity contribution in [3.05, 3.63) is 51.2 Å². The quantitative estimate of drug-likeness (QED) is 0.520. The van der Waals surface area contributed by atoms with Gasteiger partial charge in [0.15, 0.2) is 5.96 Å². The summed E-state index contributed by atoms with van der Waals surface area (Å²) in [6.45, 7) is 1.39. The molecular formula is C19H25ClN4O2S. The van der Waals surface area contributed by atoms with Gasteiger partial charge in [0.05, 0.1) is 13.7 Å². The van der Waals surface area contributed by atoms with E-state index in [1.54, 1.807) is 38.6 Å². The molecule has 0 saturated carbocycles. The highest BCUT2D eigenvalue weighted by Gasteiger charge is 2.06. The molecule has 6 nitrogen and oxygen atoms in total. The van der Waals surface area contributed by atoms with Crippen molar-refractivity contribution in [1.29, 1.82) is 0 Å². The van der Waals surface area contributed by atoms with Gasteiger partial charge in [0.1, 0.15) is 12.3 Å². The Morgan fingerprint density at radius 3 is 2.74 bits per heavy atom. The van der Waals surface area contributed by atoms with E-state index >= 15 is 0 Å². The Morgan fingerprint density at radius 1 is 1.30 bits per heavy atom. The first-order valence-corrected chi connectivity index (χ1v) is 9.82. The maximum atomic E-state index is 11.8. The SMILES string of the molecule is COc1ccc(CCNC(=NCC(=O)N(C)C)NCc2cccs2)c(Cl)c1. The Hall–Kier alpha value is -2.25. The summed E-state index contributed by atoms with van der Waals surface area (Å²) in [4.78, 5) is 18.9. The van der Waals surface area contributed by atoms with Gasteiger partial charge in [0, 0.05) is 30.5 Å². The summed E-state index contributed by atoms with van der Waals surface area (Å²) in [5.74, 6) is 1.28. The molecule has 0 aliphatic heterocycles. The van der Waals surface area contributed by atoms with Gasteiger partial charge in [-0.3, -0.25) is 4.79 Å². The Morgan fingerprint density at radius 2 is 2.11 bits per heavy atom. The number of methoxy groups -OCH3 is 1. The Kier molecular flexibility index (Phi) is 8.42. The molecule has 1 aromatic heterocycles. The number of carbonyl (C=O) groups is 1. The van der Waals surface area contributed by atoms with Crippen LogP contribution in [0, 0.1) is 0 Å². The van der Waals surface area contributed by atoms with Crippen molar-refractivity contribution in [2.24, 2.45) is 4.99 Å². The zero-order chi connectivity index (χ0) is 19.6. The molecule has 0 aliphatic rings. The molecule has 0 aliphatic carbocycles. The molecule has 0 saturated heterocycles. The summed E-state index contributed by atoms with van der Waals surface area (Å²) in [5.41, 5.74) is 1.02. The molecule has 2 aromatic rings. The van der Waals surface area contributed by atoms with Crippen molar-refractivity contribution in [3.63, 3.8) is 0 Å². The lowest BCUT2D eigenvalue weighted by Crippen LogP contribution is -2.39. The maximum Gasteiger partial charge on any atom is 0.243 e. The predicted molar refractivity (Wildman–Crippen MR) is 112 cm³/mol. The molecule has 0 fully saturated rings. The highest BCUT2D eigenvalue weighted by Crippen LogP contribution is 2.22. The fourth-order valence-electron chi connectivity index (χ4n) is 2.22. The van der Waals surface area contributed by atoms with Crippen LogP contribution in [0.1, 0.15) is 10.4 Å². The number of amides is 1. The second-order valence-electron chi connectivity index (χ2n) is 6.02. The van der Waals surface area contributed by atoms with Crippen molar-refractivity contribution in [1.82, 2.24) is 15.5 Å². The van der Waals surface area contributed by atoms with Crippen LogP contribution in [-0.4, -0.2) is 51.1 Å². The Labute approximate surface area is 169 Å². The van der Waals surface area contributed by atoms with Crippen LogP contribution in [0.15, 0.2) is 40.7 Å². The minimum absolute atomic E-state index is 0.0505. The predicted octanol–water partition coefficient (Wildman–Crippen LogP) is 2.78. The topological polar surface area (TPSA) is 66.0 Å². The van der Waals surface area contributed by atoms with Crippen LogP contribution in [0.2, 0.25) is 5.02 Å². The van der Waals surface area contributed by atoms with Crippen molar-refractivity contribution < 1.29 is 9.53 Å². The number of nitrogens with zero attached hydrogens (tertiary/aromatic N) is 2. The van der Waals surface area contributed by atoms with Gasteiger partial charge in [-0.1, -0.05) is 23.7 Å². The number of hydrogen-bond acceptors (Lipinski definition) is 4. The monoisotopic (exact) mass is 408 g/mol. The fraction of sp³-hybridized carbons (Fsp3) is 0.368. The van der Waals surface area contributed by atoms with Crippen molar-refractivity contribution in [2.75, 3.05) is 34.3 Å². The number of nitrogens with one attached hydrogen (secondary N) is 2. The van der Waals surface area contributed by atoms with Crippen molar-refractivity contribution in [2.45, 2.75) is 13.0 Å². The van der Waals surface area contributed by atoms with E-state index in [0.717, 1.165) is 17.7 Å². The molecule has 0 bridgehead atoms. The van der Waals surface area contributed by atoms with Gasteiger partial charge in [0.25, 0.3) is 0 Å². The number of thiophene rings is 1. The highest BCUT2D eigenvalue weighted by atomic mass is 35.5. The molecule has 1 amide bonds. The minimum atomic E-state index is -0.0505. The second kappa shape index (κ2) is 10.8. The van der Waals surface area contributed by atoms with Gasteiger partial charge in [0.2, 0.25) is 5.91 Å². The normalized spacial score (nSPS) is 11.2. The minimum Gasteiger partial charge on any atom is -0.497 e. The summed E-state index contributed by atoms with van der Waals surface area (Å²) in [7, 11) is 5.05. The van der Waals surface area contributed by atoms with Gasteiger partial charge >= 0.3 is 0 Å². The molecular weight excluding hydrogens is 384 g/mol.